The van der Waals surface area contributed by atoms with Gasteiger partial charge >= 0.3 is 0 Å². The maximum absolute atomic E-state index is 5.64. The molecule has 1 atom stereocenters. The van der Waals surface area contributed by atoms with Crippen LogP contribution in [0.5, 0.6) is 0 Å². The SMILES string of the molecule is COC1CCC12CCN(Cc1ccc(C)c(C)c1)CC2. The van der Waals surface area contributed by atoms with E-state index in [0.717, 1.165) is 6.54 Å². The highest BCUT2D eigenvalue weighted by atomic mass is 16.5. The van der Waals surface area contributed by atoms with Crippen LogP contribution in [0, 0.1) is 19.3 Å². The highest BCUT2D eigenvalue weighted by Crippen LogP contribution is 2.50. The number of aryl methyl sites for hydroxylation is 2. The van der Waals surface area contributed by atoms with Crippen molar-refractivity contribution >= 4 is 0 Å². The Morgan fingerprint density at radius 3 is 2.45 bits per heavy atom. The molecule has 1 saturated carbocycles. The molecule has 1 heterocycles. The van der Waals surface area contributed by atoms with Crippen molar-refractivity contribution in [2.45, 2.75) is 52.2 Å². The maximum atomic E-state index is 5.64. The molecule has 1 saturated heterocycles. The highest BCUT2D eigenvalue weighted by molar-refractivity contribution is 5.29. The molecule has 2 heteroatoms. The lowest BCUT2D eigenvalue weighted by Gasteiger charge is -2.53. The Labute approximate surface area is 123 Å². The van der Waals surface area contributed by atoms with Gasteiger partial charge in [0.1, 0.15) is 0 Å². The average Bonchev–Trinajstić information content (AvgIpc) is 2.43. The summed E-state index contributed by atoms with van der Waals surface area (Å²) in [6.45, 7) is 7.96. The molecule has 20 heavy (non-hydrogen) atoms. The van der Waals surface area contributed by atoms with Crippen LogP contribution in [-0.2, 0) is 11.3 Å². The minimum atomic E-state index is 0.522. The molecule has 1 aromatic carbocycles. The quantitative estimate of drug-likeness (QED) is 0.832. The van der Waals surface area contributed by atoms with Crippen LogP contribution in [0.4, 0.5) is 0 Å². The first-order chi connectivity index (χ1) is 9.63. The van der Waals surface area contributed by atoms with Crippen molar-refractivity contribution in [1.82, 2.24) is 4.90 Å². The zero-order valence-corrected chi connectivity index (χ0v) is 13.1. The maximum Gasteiger partial charge on any atom is 0.0628 e. The Bertz CT molecular complexity index is 472. The summed E-state index contributed by atoms with van der Waals surface area (Å²) in [5, 5.41) is 0. The summed E-state index contributed by atoms with van der Waals surface area (Å²) >= 11 is 0. The Morgan fingerprint density at radius 1 is 1.15 bits per heavy atom. The second kappa shape index (κ2) is 5.50. The van der Waals surface area contributed by atoms with Crippen molar-refractivity contribution < 1.29 is 4.74 Å². The standard InChI is InChI=1S/C18H27NO/c1-14-4-5-16(12-15(14)2)13-19-10-8-18(9-11-19)7-6-17(18)20-3/h4-5,12,17H,6-11,13H2,1-3H3. The minimum Gasteiger partial charge on any atom is -0.381 e. The molecule has 2 aliphatic rings. The lowest BCUT2D eigenvalue weighted by Crippen LogP contribution is -2.52. The number of ether oxygens (including phenoxy) is 1. The van der Waals surface area contributed by atoms with Gasteiger partial charge in [-0.2, -0.15) is 0 Å². The van der Waals surface area contributed by atoms with Gasteiger partial charge in [-0.05, 0) is 74.7 Å². The van der Waals surface area contributed by atoms with E-state index in [2.05, 4.69) is 36.9 Å². The molecule has 1 unspecified atom stereocenters. The van der Waals surface area contributed by atoms with Gasteiger partial charge in [0, 0.05) is 13.7 Å². The summed E-state index contributed by atoms with van der Waals surface area (Å²) in [5.74, 6) is 0. The number of hydrogen-bond donors (Lipinski definition) is 0. The first-order valence-electron chi connectivity index (χ1n) is 7.94. The first kappa shape index (κ1) is 14.1. The highest BCUT2D eigenvalue weighted by Gasteiger charge is 2.48. The summed E-state index contributed by atoms with van der Waals surface area (Å²) in [4.78, 5) is 2.61. The van der Waals surface area contributed by atoms with Crippen LogP contribution in [0.2, 0.25) is 0 Å². The largest absolute Gasteiger partial charge is 0.381 e. The van der Waals surface area contributed by atoms with Crippen LogP contribution >= 0.6 is 0 Å². The lowest BCUT2D eigenvalue weighted by atomic mass is 9.61. The van der Waals surface area contributed by atoms with Gasteiger partial charge in [0.25, 0.3) is 0 Å². The fourth-order valence-corrected chi connectivity index (χ4v) is 3.93. The number of likely N-dealkylation sites (tertiary alicyclic amines) is 1. The number of hydrogen-bond acceptors (Lipinski definition) is 2. The molecule has 3 rings (SSSR count). The molecule has 1 aliphatic heterocycles. The van der Waals surface area contributed by atoms with Crippen molar-refractivity contribution in [3.63, 3.8) is 0 Å². The molecular weight excluding hydrogens is 246 g/mol. The van der Waals surface area contributed by atoms with Gasteiger partial charge in [0.2, 0.25) is 0 Å². The number of nitrogens with zero attached hydrogens (tertiary/aromatic N) is 1. The molecule has 2 nitrogen and oxygen atoms in total. The third-order valence-electron chi connectivity index (χ3n) is 5.70. The third-order valence-corrected chi connectivity index (χ3v) is 5.70. The fourth-order valence-electron chi connectivity index (χ4n) is 3.93. The van der Waals surface area contributed by atoms with E-state index in [-0.39, 0.29) is 0 Å². The Hall–Kier alpha value is -0.860. The van der Waals surface area contributed by atoms with Crippen LogP contribution in [0.15, 0.2) is 18.2 Å². The normalized spacial score (nSPS) is 25.6. The Kier molecular flexibility index (Phi) is 3.87. The molecule has 0 amide bonds. The second-order valence-corrected chi connectivity index (χ2v) is 6.82. The van der Waals surface area contributed by atoms with E-state index in [4.69, 9.17) is 4.74 Å². The van der Waals surface area contributed by atoms with E-state index in [0.29, 0.717) is 11.5 Å². The van der Waals surface area contributed by atoms with Crippen molar-refractivity contribution in [3.05, 3.63) is 34.9 Å². The van der Waals surface area contributed by atoms with E-state index in [9.17, 15) is 0 Å². The molecule has 0 N–H and O–H groups in total. The van der Waals surface area contributed by atoms with Gasteiger partial charge in [0.05, 0.1) is 6.10 Å². The van der Waals surface area contributed by atoms with Crippen molar-refractivity contribution in [2.24, 2.45) is 5.41 Å². The molecule has 0 aromatic heterocycles. The van der Waals surface area contributed by atoms with E-state index in [1.54, 1.807) is 0 Å². The van der Waals surface area contributed by atoms with Crippen LogP contribution in [0.25, 0.3) is 0 Å². The molecule has 0 radical (unpaired) electrons. The van der Waals surface area contributed by atoms with Crippen molar-refractivity contribution in [1.29, 1.82) is 0 Å². The van der Waals surface area contributed by atoms with E-state index in [1.807, 2.05) is 7.11 Å². The molecule has 1 aliphatic carbocycles. The van der Waals surface area contributed by atoms with E-state index < -0.39 is 0 Å². The average molecular weight is 273 g/mol. The lowest BCUT2D eigenvalue weighted by molar-refractivity contribution is -0.120. The van der Waals surface area contributed by atoms with Crippen LogP contribution < -0.4 is 0 Å². The number of piperidine rings is 1. The van der Waals surface area contributed by atoms with Crippen molar-refractivity contribution in [3.8, 4) is 0 Å². The van der Waals surface area contributed by atoms with Gasteiger partial charge in [0.15, 0.2) is 0 Å². The van der Waals surface area contributed by atoms with E-state index in [1.165, 1.54) is 55.5 Å². The predicted molar refractivity (Wildman–Crippen MR) is 82.9 cm³/mol. The molecule has 1 spiro atoms. The first-order valence-corrected chi connectivity index (χ1v) is 7.94. The van der Waals surface area contributed by atoms with Gasteiger partial charge in [-0.3, -0.25) is 4.90 Å². The van der Waals surface area contributed by atoms with Crippen LogP contribution in [-0.4, -0.2) is 31.2 Å². The topological polar surface area (TPSA) is 12.5 Å². The zero-order chi connectivity index (χ0) is 14.2. The van der Waals surface area contributed by atoms with Crippen molar-refractivity contribution in [2.75, 3.05) is 20.2 Å². The molecule has 110 valence electrons. The van der Waals surface area contributed by atoms with Gasteiger partial charge in [-0.25, -0.2) is 0 Å². The van der Waals surface area contributed by atoms with Gasteiger partial charge < -0.3 is 4.74 Å². The minimum absolute atomic E-state index is 0.522. The monoisotopic (exact) mass is 273 g/mol. The summed E-state index contributed by atoms with van der Waals surface area (Å²) in [7, 11) is 1.88. The van der Waals surface area contributed by atoms with Crippen LogP contribution in [0.3, 0.4) is 0 Å². The number of benzene rings is 1. The molecule has 0 bridgehead atoms. The summed E-state index contributed by atoms with van der Waals surface area (Å²) in [6, 6.07) is 6.89. The Morgan fingerprint density at radius 2 is 1.90 bits per heavy atom. The van der Waals surface area contributed by atoms with Gasteiger partial charge in [-0.15, -0.1) is 0 Å². The fraction of sp³-hybridized carbons (Fsp3) is 0.667. The molecule has 2 fully saturated rings. The molecular formula is C18H27NO. The number of methoxy groups -OCH3 is 1. The smallest absolute Gasteiger partial charge is 0.0628 e. The molecule has 1 aromatic rings. The Balaban J connectivity index is 1.57. The predicted octanol–water partition coefficient (Wildman–Crippen LogP) is 3.69. The summed E-state index contributed by atoms with van der Waals surface area (Å²) < 4.78 is 5.64. The zero-order valence-electron chi connectivity index (χ0n) is 13.1. The van der Waals surface area contributed by atoms with Crippen LogP contribution in [0.1, 0.15) is 42.4 Å². The van der Waals surface area contributed by atoms with Gasteiger partial charge in [-0.1, -0.05) is 18.2 Å². The summed E-state index contributed by atoms with van der Waals surface area (Å²) in [6.07, 6.45) is 5.81. The second-order valence-electron chi connectivity index (χ2n) is 6.82. The summed E-state index contributed by atoms with van der Waals surface area (Å²) in [5.41, 5.74) is 4.79. The number of rotatable bonds is 3. The third kappa shape index (κ3) is 2.51. The van der Waals surface area contributed by atoms with E-state index >= 15 is 0 Å².